The van der Waals surface area contributed by atoms with Crippen LogP contribution in [0.5, 0.6) is 0 Å². The molecule has 1 saturated heterocycles. The van der Waals surface area contributed by atoms with Crippen LogP contribution in [0.15, 0.2) is 6.07 Å². The largest absolute Gasteiger partial charge is 0.381 e. The second-order valence-corrected chi connectivity index (χ2v) is 5.65. The molecule has 1 unspecified atom stereocenters. The molecule has 1 aliphatic rings. The van der Waals surface area contributed by atoms with Gasteiger partial charge in [-0.3, -0.25) is 0 Å². The van der Waals surface area contributed by atoms with Crippen LogP contribution in [0.1, 0.15) is 34.2 Å². The van der Waals surface area contributed by atoms with Crippen molar-refractivity contribution in [3.05, 3.63) is 21.4 Å². The smallest absolute Gasteiger partial charge is 0.0469 e. The number of hydrogen-bond donors (Lipinski definition) is 1. The van der Waals surface area contributed by atoms with E-state index in [9.17, 15) is 0 Å². The highest BCUT2D eigenvalue weighted by atomic mass is 32.1. The lowest BCUT2D eigenvalue weighted by atomic mass is 9.91. The molecule has 0 bridgehead atoms. The highest BCUT2D eigenvalue weighted by molar-refractivity contribution is 7.12. The number of aryl methyl sites for hydroxylation is 2. The van der Waals surface area contributed by atoms with E-state index in [4.69, 9.17) is 10.5 Å². The summed E-state index contributed by atoms with van der Waals surface area (Å²) in [5.41, 5.74) is 7.68. The van der Waals surface area contributed by atoms with Gasteiger partial charge in [0.15, 0.2) is 0 Å². The van der Waals surface area contributed by atoms with Crippen LogP contribution in [-0.4, -0.2) is 13.2 Å². The lowest BCUT2D eigenvalue weighted by Crippen LogP contribution is -2.26. The van der Waals surface area contributed by atoms with Crippen molar-refractivity contribution >= 4 is 11.3 Å². The molecule has 0 amide bonds. The Morgan fingerprint density at radius 1 is 1.40 bits per heavy atom. The zero-order valence-electron chi connectivity index (χ0n) is 9.45. The van der Waals surface area contributed by atoms with Crippen molar-refractivity contribution in [2.75, 3.05) is 13.2 Å². The highest BCUT2D eigenvalue weighted by Crippen LogP contribution is 2.33. The van der Waals surface area contributed by atoms with Crippen molar-refractivity contribution in [3.8, 4) is 0 Å². The van der Waals surface area contributed by atoms with E-state index in [1.807, 2.05) is 11.3 Å². The van der Waals surface area contributed by atoms with E-state index in [0.717, 1.165) is 26.1 Å². The number of thiophene rings is 1. The van der Waals surface area contributed by atoms with Crippen molar-refractivity contribution < 1.29 is 4.74 Å². The van der Waals surface area contributed by atoms with Gasteiger partial charge in [-0.15, -0.1) is 11.3 Å². The first-order valence-electron chi connectivity index (χ1n) is 5.58. The Morgan fingerprint density at radius 3 is 2.60 bits per heavy atom. The van der Waals surface area contributed by atoms with Crippen LogP contribution < -0.4 is 5.73 Å². The minimum atomic E-state index is 0.214. The average molecular weight is 225 g/mol. The number of ether oxygens (including phenoxy) is 1. The molecule has 2 nitrogen and oxygen atoms in total. The van der Waals surface area contributed by atoms with Crippen molar-refractivity contribution in [2.45, 2.75) is 32.7 Å². The summed E-state index contributed by atoms with van der Waals surface area (Å²) in [5, 5.41) is 0. The Balaban J connectivity index is 2.08. The van der Waals surface area contributed by atoms with Crippen molar-refractivity contribution in [3.63, 3.8) is 0 Å². The predicted molar refractivity (Wildman–Crippen MR) is 64.3 cm³/mol. The molecule has 3 heteroatoms. The maximum absolute atomic E-state index is 6.31. The van der Waals surface area contributed by atoms with E-state index in [1.54, 1.807) is 0 Å². The molecule has 1 aliphatic heterocycles. The van der Waals surface area contributed by atoms with Crippen LogP contribution in [0.3, 0.4) is 0 Å². The van der Waals surface area contributed by atoms with Crippen LogP contribution in [0.4, 0.5) is 0 Å². The van der Waals surface area contributed by atoms with Crippen LogP contribution in [0, 0.1) is 19.8 Å². The topological polar surface area (TPSA) is 35.2 Å². The molecule has 0 aromatic carbocycles. The standard InChI is InChI=1S/C12H19NOS/c1-8-7-11(15-9(8)2)12(13)10-3-5-14-6-4-10/h7,10,12H,3-6,13H2,1-2H3. The summed E-state index contributed by atoms with van der Waals surface area (Å²) in [6.07, 6.45) is 2.22. The SMILES string of the molecule is Cc1cc(C(N)C2CCOCC2)sc1C. The lowest BCUT2D eigenvalue weighted by Gasteiger charge is -2.26. The molecule has 1 aromatic rings. The molecule has 1 atom stereocenters. The Kier molecular flexibility index (Phi) is 3.44. The van der Waals surface area contributed by atoms with Gasteiger partial charge in [-0.1, -0.05) is 0 Å². The summed E-state index contributed by atoms with van der Waals surface area (Å²) >= 11 is 1.85. The quantitative estimate of drug-likeness (QED) is 0.840. The number of nitrogens with two attached hydrogens (primary N) is 1. The average Bonchev–Trinajstić information content (AvgIpc) is 2.59. The normalized spacial score (nSPS) is 20.5. The van der Waals surface area contributed by atoms with Gasteiger partial charge in [-0.25, -0.2) is 0 Å². The summed E-state index contributed by atoms with van der Waals surface area (Å²) in [5.74, 6) is 0.608. The Bertz CT molecular complexity index is 309. The van der Waals surface area contributed by atoms with Gasteiger partial charge in [-0.2, -0.15) is 0 Å². The van der Waals surface area contributed by atoms with Crippen molar-refractivity contribution in [1.29, 1.82) is 0 Å². The fourth-order valence-corrected chi connectivity index (χ4v) is 3.21. The fourth-order valence-electron chi connectivity index (χ4n) is 2.07. The maximum Gasteiger partial charge on any atom is 0.0469 e. The van der Waals surface area contributed by atoms with Crippen molar-refractivity contribution in [2.24, 2.45) is 11.7 Å². The van der Waals surface area contributed by atoms with Gasteiger partial charge in [0, 0.05) is 29.0 Å². The summed E-state index contributed by atoms with van der Waals surface area (Å²) in [6.45, 7) is 6.08. The van der Waals surface area contributed by atoms with Crippen LogP contribution in [0.2, 0.25) is 0 Å². The zero-order chi connectivity index (χ0) is 10.8. The molecule has 0 radical (unpaired) electrons. The van der Waals surface area contributed by atoms with E-state index in [1.165, 1.54) is 15.3 Å². The maximum atomic E-state index is 6.31. The Labute approximate surface area is 95.4 Å². The second-order valence-electron chi connectivity index (χ2n) is 4.36. The van der Waals surface area contributed by atoms with Gasteiger partial charge in [-0.05, 0) is 44.2 Å². The minimum absolute atomic E-state index is 0.214. The lowest BCUT2D eigenvalue weighted by molar-refractivity contribution is 0.0587. The van der Waals surface area contributed by atoms with E-state index < -0.39 is 0 Å². The van der Waals surface area contributed by atoms with Gasteiger partial charge in [0.05, 0.1) is 0 Å². The van der Waals surface area contributed by atoms with Crippen LogP contribution in [-0.2, 0) is 4.74 Å². The first-order valence-corrected chi connectivity index (χ1v) is 6.40. The van der Waals surface area contributed by atoms with E-state index in [2.05, 4.69) is 19.9 Å². The van der Waals surface area contributed by atoms with E-state index >= 15 is 0 Å². The zero-order valence-corrected chi connectivity index (χ0v) is 10.3. The Hall–Kier alpha value is -0.380. The van der Waals surface area contributed by atoms with Gasteiger partial charge in [0.1, 0.15) is 0 Å². The molecule has 1 fully saturated rings. The summed E-state index contributed by atoms with van der Waals surface area (Å²) in [7, 11) is 0. The third kappa shape index (κ3) is 2.41. The number of rotatable bonds is 2. The number of hydrogen-bond acceptors (Lipinski definition) is 3. The van der Waals surface area contributed by atoms with E-state index in [-0.39, 0.29) is 6.04 Å². The highest BCUT2D eigenvalue weighted by Gasteiger charge is 2.23. The van der Waals surface area contributed by atoms with Gasteiger partial charge in [0.2, 0.25) is 0 Å². The third-order valence-electron chi connectivity index (χ3n) is 3.29. The second kappa shape index (κ2) is 4.64. The molecule has 15 heavy (non-hydrogen) atoms. The van der Waals surface area contributed by atoms with Crippen LogP contribution >= 0.6 is 11.3 Å². The molecule has 2 N–H and O–H groups in total. The molecular formula is C12H19NOS. The van der Waals surface area contributed by atoms with Gasteiger partial charge >= 0.3 is 0 Å². The van der Waals surface area contributed by atoms with E-state index in [0.29, 0.717) is 5.92 Å². The van der Waals surface area contributed by atoms with Gasteiger partial charge < -0.3 is 10.5 Å². The molecule has 84 valence electrons. The molecule has 1 aromatic heterocycles. The first kappa shape index (κ1) is 11.1. The first-order chi connectivity index (χ1) is 7.18. The predicted octanol–water partition coefficient (Wildman–Crippen LogP) is 2.79. The Morgan fingerprint density at radius 2 is 2.07 bits per heavy atom. The van der Waals surface area contributed by atoms with Crippen molar-refractivity contribution in [1.82, 2.24) is 0 Å². The molecular weight excluding hydrogens is 206 g/mol. The monoisotopic (exact) mass is 225 g/mol. The third-order valence-corrected chi connectivity index (χ3v) is 4.54. The fraction of sp³-hybridized carbons (Fsp3) is 0.667. The molecule has 0 saturated carbocycles. The van der Waals surface area contributed by atoms with Crippen LogP contribution in [0.25, 0.3) is 0 Å². The molecule has 0 aliphatic carbocycles. The molecule has 0 spiro atoms. The summed E-state index contributed by atoms with van der Waals surface area (Å²) in [4.78, 5) is 2.74. The molecule has 2 heterocycles. The molecule has 2 rings (SSSR count). The summed E-state index contributed by atoms with van der Waals surface area (Å²) < 4.78 is 5.36. The van der Waals surface area contributed by atoms with Gasteiger partial charge in [0.25, 0.3) is 0 Å². The minimum Gasteiger partial charge on any atom is -0.381 e. The summed E-state index contributed by atoms with van der Waals surface area (Å²) in [6, 6.07) is 2.46.